The van der Waals surface area contributed by atoms with Gasteiger partial charge in [0.2, 0.25) is 5.91 Å². The Morgan fingerprint density at radius 1 is 0.828 bits per heavy atom. The van der Waals surface area contributed by atoms with Gasteiger partial charge in [0.15, 0.2) is 0 Å². The Hall–Kier alpha value is -1.60. The van der Waals surface area contributed by atoms with E-state index in [1.165, 1.54) is 0 Å². The minimum absolute atomic E-state index is 0.0450. The number of aliphatic carboxylic acids is 1. The van der Waals surface area contributed by atoms with E-state index in [9.17, 15) is 32.7 Å². The summed E-state index contributed by atoms with van der Waals surface area (Å²) in [5.74, 6) is -1.53. The molecular formula is C21H36F3NO4. The maximum atomic E-state index is 12.0. The number of hydrogen-bond acceptors (Lipinski definition) is 3. The van der Waals surface area contributed by atoms with Crippen LogP contribution >= 0.6 is 0 Å². The topological polar surface area (TPSA) is 83.5 Å². The van der Waals surface area contributed by atoms with Crippen LogP contribution in [0.25, 0.3) is 0 Å². The van der Waals surface area contributed by atoms with Crippen molar-refractivity contribution in [3.63, 3.8) is 0 Å². The number of rotatable bonds is 15. The highest BCUT2D eigenvalue weighted by Gasteiger charge is 2.26. The molecule has 0 radical (unpaired) electrons. The second-order valence-corrected chi connectivity index (χ2v) is 8.61. The summed E-state index contributed by atoms with van der Waals surface area (Å²) in [5.41, 5.74) is -0.536. The zero-order valence-corrected chi connectivity index (χ0v) is 17.9. The highest BCUT2D eigenvalue weighted by Crippen LogP contribution is 2.23. The predicted molar refractivity (Wildman–Crippen MR) is 105 cm³/mol. The SMILES string of the molecule is CC(C)(C)C(=O)CC[C@H](NC(=O)CCCCCCCCCCC(F)(F)F)C(=O)O. The normalized spacial score (nSPS) is 13.2. The Morgan fingerprint density at radius 2 is 1.31 bits per heavy atom. The number of halogens is 3. The van der Waals surface area contributed by atoms with Crippen LogP contribution in [0.2, 0.25) is 0 Å². The Balaban J connectivity index is 3.84. The van der Waals surface area contributed by atoms with Crippen LogP contribution in [0.15, 0.2) is 0 Å². The first-order valence-corrected chi connectivity index (χ1v) is 10.4. The van der Waals surface area contributed by atoms with Gasteiger partial charge in [0.25, 0.3) is 0 Å². The molecule has 0 saturated carbocycles. The fourth-order valence-electron chi connectivity index (χ4n) is 2.85. The predicted octanol–water partition coefficient (Wildman–Crippen LogP) is 5.41. The van der Waals surface area contributed by atoms with Gasteiger partial charge in [-0.1, -0.05) is 59.3 Å². The van der Waals surface area contributed by atoms with Crippen molar-refractivity contribution in [1.82, 2.24) is 5.32 Å². The molecule has 5 nitrogen and oxygen atoms in total. The van der Waals surface area contributed by atoms with E-state index in [2.05, 4.69) is 5.32 Å². The summed E-state index contributed by atoms with van der Waals surface area (Å²) in [7, 11) is 0. The quantitative estimate of drug-likeness (QED) is 0.345. The molecule has 0 aromatic rings. The van der Waals surface area contributed by atoms with Crippen molar-refractivity contribution < 1.29 is 32.7 Å². The molecule has 0 aliphatic carbocycles. The molecule has 0 heterocycles. The summed E-state index contributed by atoms with van der Waals surface area (Å²) < 4.78 is 36.0. The minimum atomic E-state index is -4.07. The number of ketones is 1. The molecule has 29 heavy (non-hydrogen) atoms. The van der Waals surface area contributed by atoms with E-state index >= 15 is 0 Å². The van der Waals surface area contributed by atoms with Gasteiger partial charge < -0.3 is 10.4 Å². The third-order valence-electron chi connectivity index (χ3n) is 4.74. The molecule has 8 heteroatoms. The number of amides is 1. The fourth-order valence-corrected chi connectivity index (χ4v) is 2.85. The molecule has 0 rings (SSSR count). The largest absolute Gasteiger partial charge is 0.480 e. The van der Waals surface area contributed by atoms with Crippen LogP contribution in [0.3, 0.4) is 0 Å². The lowest BCUT2D eigenvalue weighted by molar-refractivity contribution is -0.142. The smallest absolute Gasteiger partial charge is 0.389 e. The molecule has 0 spiro atoms. The number of unbranched alkanes of at least 4 members (excludes halogenated alkanes) is 7. The van der Waals surface area contributed by atoms with E-state index < -0.39 is 30.0 Å². The average Bonchev–Trinajstić information content (AvgIpc) is 2.57. The van der Waals surface area contributed by atoms with Gasteiger partial charge >= 0.3 is 12.1 Å². The van der Waals surface area contributed by atoms with Gasteiger partial charge in [0, 0.05) is 24.7 Å². The van der Waals surface area contributed by atoms with E-state index in [1.807, 2.05) is 0 Å². The third-order valence-corrected chi connectivity index (χ3v) is 4.74. The highest BCUT2D eigenvalue weighted by molar-refractivity contribution is 5.86. The summed E-state index contributed by atoms with van der Waals surface area (Å²) in [6.07, 6.45) is 1.30. The van der Waals surface area contributed by atoms with E-state index in [-0.39, 0.29) is 37.4 Å². The number of carbonyl (C=O) groups is 3. The molecule has 0 unspecified atom stereocenters. The lowest BCUT2D eigenvalue weighted by atomic mass is 9.87. The van der Waals surface area contributed by atoms with Crippen LogP contribution in [-0.2, 0) is 14.4 Å². The molecule has 0 fully saturated rings. The summed E-state index contributed by atoms with van der Waals surface area (Å²) in [4.78, 5) is 35.1. The van der Waals surface area contributed by atoms with E-state index in [0.717, 1.165) is 32.1 Å². The molecule has 0 saturated heterocycles. The maximum Gasteiger partial charge on any atom is 0.389 e. The summed E-state index contributed by atoms with van der Waals surface area (Å²) in [6.45, 7) is 5.31. The third kappa shape index (κ3) is 15.9. The fraction of sp³-hybridized carbons (Fsp3) is 0.857. The molecule has 2 N–H and O–H groups in total. The summed E-state index contributed by atoms with van der Waals surface area (Å²) >= 11 is 0. The number of Topliss-reactive ketones (excluding diaryl/α,β-unsaturated/α-hetero) is 1. The van der Waals surface area contributed by atoms with Gasteiger partial charge in [-0.2, -0.15) is 13.2 Å². The zero-order valence-electron chi connectivity index (χ0n) is 17.9. The summed E-state index contributed by atoms with van der Waals surface area (Å²) in [5, 5.41) is 11.7. The van der Waals surface area contributed by atoms with Gasteiger partial charge in [0.1, 0.15) is 11.8 Å². The highest BCUT2D eigenvalue weighted by atomic mass is 19.4. The molecule has 0 aromatic carbocycles. The first-order chi connectivity index (χ1) is 13.3. The Bertz CT molecular complexity index is 513. The first kappa shape index (κ1) is 27.4. The average molecular weight is 424 g/mol. The van der Waals surface area contributed by atoms with Gasteiger partial charge in [-0.15, -0.1) is 0 Å². The van der Waals surface area contributed by atoms with Crippen LogP contribution in [0, 0.1) is 5.41 Å². The van der Waals surface area contributed by atoms with Crippen molar-refractivity contribution in [1.29, 1.82) is 0 Å². The number of hydrogen-bond donors (Lipinski definition) is 2. The van der Waals surface area contributed by atoms with Crippen molar-refractivity contribution in [2.75, 3.05) is 0 Å². The van der Waals surface area contributed by atoms with Crippen LogP contribution in [0.4, 0.5) is 13.2 Å². The van der Waals surface area contributed by atoms with Crippen LogP contribution in [0.5, 0.6) is 0 Å². The van der Waals surface area contributed by atoms with Crippen molar-refractivity contribution >= 4 is 17.7 Å². The van der Waals surface area contributed by atoms with Crippen LogP contribution in [0.1, 0.15) is 97.8 Å². The van der Waals surface area contributed by atoms with Crippen molar-refractivity contribution in [2.24, 2.45) is 5.41 Å². The van der Waals surface area contributed by atoms with Gasteiger partial charge in [0.05, 0.1) is 0 Å². The molecule has 0 bridgehead atoms. The lowest BCUT2D eigenvalue weighted by Gasteiger charge is -2.19. The second-order valence-electron chi connectivity index (χ2n) is 8.61. The molecular weight excluding hydrogens is 387 g/mol. The molecule has 1 atom stereocenters. The molecule has 170 valence electrons. The Kier molecular flexibility index (Phi) is 12.8. The number of carboxylic acid groups (broad SMARTS) is 1. The lowest BCUT2D eigenvalue weighted by Crippen LogP contribution is -2.41. The number of nitrogens with one attached hydrogen (secondary N) is 1. The summed E-state index contributed by atoms with van der Waals surface area (Å²) in [6, 6.07) is -1.06. The van der Waals surface area contributed by atoms with Crippen molar-refractivity contribution in [2.45, 2.75) is 110 Å². The number of carboxylic acids is 1. The van der Waals surface area contributed by atoms with Crippen molar-refractivity contribution in [3.8, 4) is 0 Å². The van der Waals surface area contributed by atoms with E-state index in [4.69, 9.17) is 0 Å². The van der Waals surface area contributed by atoms with Crippen LogP contribution < -0.4 is 5.32 Å². The molecule has 0 aliphatic heterocycles. The minimum Gasteiger partial charge on any atom is -0.480 e. The van der Waals surface area contributed by atoms with Gasteiger partial charge in [-0.05, 0) is 19.3 Å². The molecule has 0 aliphatic rings. The van der Waals surface area contributed by atoms with Gasteiger partial charge in [-0.25, -0.2) is 4.79 Å². The zero-order chi connectivity index (χ0) is 22.5. The van der Waals surface area contributed by atoms with E-state index in [0.29, 0.717) is 12.8 Å². The van der Waals surface area contributed by atoms with Crippen LogP contribution in [-0.4, -0.2) is 35.0 Å². The maximum absolute atomic E-state index is 12.0. The molecule has 0 aromatic heterocycles. The standard InChI is InChI=1S/C21H36F3NO4/c1-20(2,3)17(26)14-13-16(19(28)29)25-18(27)12-10-8-6-4-5-7-9-11-15-21(22,23)24/h16H,4-15H2,1-3H3,(H,25,27)(H,28,29)/t16-/m0/s1. The second kappa shape index (κ2) is 13.6. The number of carbonyl (C=O) groups excluding carboxylic acids is 2. The number of alkyl halides is 3. The monoisotopic (exact) mass is 423 g/mol. The van der Waals surface area contributed by atoms with E-state index in [1.54, 1.807) is 20.8 Å². The van der Waals surface area contributed by atoms with Gasteiger partial charge in [-0.3, -0.25) is 9.59 Å². The first-order valence-electron chi connectivity index (χ1n) is 10.4. The molecule has 1 amide bonds. The Morgan fingerprint density at radius 3 is 1.76 bits per heavy atom. The van der Waals surface area contributed by atoms with Crippen molar-refractivity contribution in [3.05, 3.63) is 0 Å². The Labute approximate surface area is 171 Å².